The first-order chi connectivity index (χ1) is 12.2. The zero-order chi connectivity index (χ0) is 19.3. The van der Waals surface area contributed by atoms with Crippen LogP contribution in [0, 0.1) is 5.41 Å². The van der Waals surface area contributed by atoms with Crippen LogP contribution < -0.4 is 10.1 Å². The van der Waals surface area contributed by atoms with Crippen LogP contribution in [-0.4, -0.2) is 61.4 Å². The van der Waals surface area contributed by atoms with Crippen LogP contribution in [0.15, 0.2) is 18.2 Å². The second kappa shape index (κ2) is 8.73. The normalized spacial score (nSPS) is 15.7. The highest BCUT2D eigenvalue weighted by molar-refractivity contribution is 6.30. The first-order valence-electron chi connectivity index (χ1n) is 8.81. The van der Waals surface area contributed by atoms with Crippen LogP contribution >= 0.6 is 11.6 Å². The lowest BCUT2D eigenvalue weighted by Crippen LogP contribution is -2.51. The molecule has 6 nitrogen and oxygen atoms in total. The fourth-order valence-corrected chi connectivity index (χ4v) is 2.99. The molecule has 1 heterocycles. The monoisotopic (exact) mass is 381 g/mol. The number of rotatable bonds is 5. The summed E-state index contributed by atoms with van der Waals surface area (Å²) in [7, 11) is 1.65. The predicted octanol–water partition coefficient (Wildman–Crippen LogP) is 2.16. The molecule has 1 N–H and O–H groups in total. The second-order valence-corrected chi connectivity index (χ2v) is 7.98. The molecule has 1 aliphatic heterocycles. The molecule has 0 aromatic heterocycles. The van der Waals surface area contributed by atoms with Crippen LogP contribution in [-0.2, 0) is 16.1 Å². The molecular formula is C19H28ClN3O3. The van der Waals surface area contributed by atoms with Gasteiger partial charge in [0.05, 0.1) is 13.7 Å². The molecule has 7 heteroatoms. The minimum Gasteiger partial charge on any atom is -0.496 e. The number of ether oxygens (including phenoxy) is 1. The number of nitrogens with one attached hydrogen (secondary N) is 1. The fourth-order valence-electron chi connectivity index (χ4n) is 2.80. The van der Waals surface area contributed by atoms with E-state index in [9.17, 15) is 9.59 Å². The van der Waals surface area contributed by atoms with Gasteiger partial charge in [0.25, 0.3) is 0 Å². The Morgan fingerprint density at radius 1 is 1.19 bits per heavy atom. The van der Waals surface area contributed by atoms with E-state index in [0.717, 1.165) is 30.9 Å². The third-order valence-corrected chi connectivity index (χ3v) is 4.68. The summed E-state index contributed by atoms with van der Waals surface area (Å²) in [5.74, 6) is 0.665. The van der Waals surface area contributed by atoms with E-state index in [4.69, 9.17) is 16.3 Å². The minimum atomic E-state index is -0.491. The van der Waals surface area contributed by atoms with Crippen molar-refractivity contribution in [3.05, 3.63) is 28.8 Å². The molecule has 1 saturated heterocycles. The molecule has 2 amide bonds. The molecule has 144 valence electrons. The van der Waals surface area contributed by atoms with E-state index in [2.05, 4.69) is 10.2 Å². The van der Waals surface area contributed by atoms with Crippen LogP contribution in [0.4, 0.5) is 0 Å². The van der Waals surface area contributed by atoms with Crippen molar-refractivity contribution in [3.63, 3.8) is 0 Å². The number of hydrogen-bond acceptors (Lipinski definition) is 4. The minimum absolute atomic E-state index is 0.0393. The molecule has 0 atom stereocenters. The summed E-state index contributed by atoms with van der Waals surface area (Å²) in [6.07, 6.45) is 0. The zero-order valence-electron chi connectivity index (χ0n) is 16.0. The Morgan fingerprint density at radius 2 is 1.85 bits per heavy atom. The topological polar surface area (TPSA) is 61.9 Å². The van der Waals surface area contributed by atoms with Crippen molar-refractivity contribution in [3.8, 4) is 5.75 Å². The number of piperazine rings is 1. The Kier molecular flexibility index (Phi) is 6.89. The van der Waals surface area contributed by atoms with Crippen LogP contribution in [0.2, 0.25) is 5.02 Å². The molecule has 0 spiro atoms. The standard InChI is InChI=1S/C19H28ClN3O3/c1-19(2,3)18(25)21-12-17(24)23-9-7-22(8-10-23)13-14-11-15(20)5-6-16(14)26-4/h5-6,11H,7-10,12-13H2,1-4H3,(H,21,25). The Hall–Kier alpha value is -1.79. The van der Waals surface area contributed by atoms with Crippen molar-refractivity contribution < 1.29 is 14.3 Å². The predicted molar refractivity (Wildman–Crippen MR) is 102 cm³/mol. The van der Waals surface area contributed by atoms with Gasteiger partial charge < -0.3 is 15.0 Å². The van der Waals surface area contributed by atoms with Gasteiger partial charge in [-0.25, -0.2) is 0 Å². The molecule has 1 fully saturated rings. The third kappa shape index (κ3) is 5.61. The van der Waals surface area contributed by atoms with Gasteiger partial charge in [-0.2, -0.15) is 0 Å². The van der Waals surface area contributed by atoms with Crippen molar-refractivity contribution in [2.45, 2.75) is 27.3 Å². The summed E-state index contributed by atoms with van der Waals surface area (Å²) >= 11 is 6.09. The van der Waals surface area contributed by atoms with E-state index in [1.165, 1.54) is 0 Å². The molecule has 2 rings (SSSR count). The summed E-state index contributed by atoms with van der Waals surface area (Å²) in [5, 5.41) is 3.40. The number of methoxy groups -OCH3 is 1. The Labute approximate surface area is 160 Å². The Morgan fingerprint density at radius 3 is 2.42 bits per heavy atom. The zero-order valence-corrected chi connectivity index (χ0v) is 16.7. The highest BCUT2D eigenvalue weighted by Gasteiger charge is 2.25. The molecule has 0 unspecified atom stereocenters. The van der Waals surface area contributed by atoms with E-state index in [1.807, 2.05) is 39.0 Å². The lowest BCUT2D eigenvalue weighted by Gasteiger charge is -2.35. The first-order valence-corrected chi connectivity index (χ1v) is 9.19. The second-order valence-electron chi connectivity index (χ2n) is 7.55. The number of halogens is 1. The number of nitrogens with zero attached hydrogens (tertiary/aromatic N) is 2. The van der Waals surface area contributed by atoms with Crippen molar-refractivity contribution in [1.82, 2.24) is 15.1 Å². The van der Waals surface area contributed by atoms with E-state index >= 15 is 0 Å². The molecule has 1 aliphatic rings. The average Bonchev–Trinajstić information content (AvgIpc) is 2.59. The summed E-state index contributed by atoms with van der Waals surface area (Å²) in [5.41, 5.74) is 0.548. The molecule has 1 aromatic rings. The molecule has 26 heavy (non-hydrogen) atoms. The van der Waals surface area contributed by atoms with Crippen molar-refractivity contribution in [2.75, 3.05) is 39.8 Å². The maximum absolute atomic E-state index is 12.3. The van der Waals surface area contributed by atoms with Crippen LogP contribution in [0.25, 0.3) is 0 Å². The van der Waals surface area contributed by atoms with E-state index in [1.54, 1.807) is 12.0 Å². The number of carbonyl (C=O) groups excluding carboxylic acids is 2. The Balaban J connectivity index is 1.83. The maximum atomic E-state index is 12.3. The molecule has 1 aromatic carbocycles. The average molecular weight is 382 g/mol. The number of hydrogen-bond donors (Lipinski definition) is 1. The Bertz CT molecular complexity index is 650. The van der Waals surface area contributed by atoms with Gasteiger partial charge in [0.2, 0.25) is 11.8 Å². The van der Waals surface area contributed by atoms with E-state index in [-0.39, 0.29) is 18.4 Å². The van der Waals surface area contributed by atoms with Crippen molar-refractivity contribution in [1.29, 1.82) is 0 Å². The smallest absolute Gasteiger partial charge is 0.242 e. The fraction of sp³-hybridized carbons (Fsp3) is 0.579. The van der Waals surface area contributed by atoms with Gasteiger partial charge in [0, 0.05) is 48.7 Å². The van der Waals surface area contributed by atoms with Crippen molar-refractivity contribution >= 4 is 23.4 Å². The lowest BCUT2D eigenvalue weighted by atomic mass is 9.96. The quantitative estimate of drug-likeness (QED) is 0.849. The van der Waals surface area contributed by atoms with Crippen molar-refractivity contribution in [2.24, 2.45) is 5.41 Å². The SMILES string of the molecule is COc1ccc(Cl)cc1CN1CCN(C(=O)CNC(=O)C(C)(C)C)CC1. The van der Waals surface area contributed by atoms with Gasteiger partial charge in [-0.05, 0) is 18.2 Å². The van der Waals surface area contributed by atoms with Gasteiger partial charge in [-0.3, -0.25) is 14.5 Å². The van der Waals surface area contributed by atoms with Gasteiger partial charge in [-0.15, -0.1) is 0 Å². The highest BCUT2D eigenvalue weighted by atomic mass is 35.5. The number of amides is 2. The lowest BCUT2D eigenvalue weighted by molar-refractivity contribution is -0.136. The van der Waals surface area contributed by atoms with Gasteiger partial charge in [0.1, 0.15) is 5.75 Å². The molecule has 0 saturated carbocycles. The molecule has 0 radical (unpaired) electrons. The van der Waals surface area contributed by atoms with Gasteiger partial charge in [-0.1, -0.05) is 32.4 Å². The largest absolute Gasteiger partial charge is 0.496 e. The molecular weight excluding hydrogens is 354 g/mol. The van der Waals surface area contributed by atoms with E-state index in [0.29, 0.717) is 18.1 Å². The van der Waals surface area contributed by atoms with Crippen LogP contribution in [0.3, 0.4) is 0 Å². The van der Waals surface area contributed by atoms with Gasteiger partial charge >= 0.3 is 0 Å². The summed E-state index contributed by atoms with van der Waals surface area (Å²) in [6.45, 7) is 9.11. The molecule has 0 aliphatic carbocycles. The van der Waals surface area contributed by atoms with E-state index < -0.39 is 5.41 Å². The summed E-state index contributed by atoms with van der Waals surface area (Å²) in [4.78, 5) is 28.2. The maximum Gasteiger partial charge on any atom is 0.242 e. The van der Waals surface area contributed by atoms with Gasteiger partial charge in [0.15, 0.2) is 0 Å². The number of carbonyl (C=O) groups is 2. The van der Waals surface area contributed by atoms with Crippen LogP contribution in [0.1, 0.15) is 26.3 Å². The number of benzene rings is 1. The summed E-state index contributed by atoms with van der Waals surface area (Å²) < 4.78 is 5.39. The highest BCUT2D eigenvalue weighted by Crippen LogP contribution is 2.24. The summed E-state index contributed by atoms with van der Waals surface area (Å²) in [6, 6.07) is 5.60. The third-order valence-electron chi connectivity index (χ3n) is 4.44. The van der Waals surface area contributed by atoms with Crippen LogP contribution in [0.5, 0.6) is 5.75 Å². The first kappa shape index (κ1) is 20.5. The molecule has 0 bridgehead atoms.